The molecule has 25 heavy (non-hydrogen) atoms. The van der Waals surface area contributed by atoms with Gasteiger partial charge in [-0.3, -0.25) is 19.5 Å². The van der Waals surface area contributed by atoms with Crippen LogP contribution in [-0.2, 0) is 20.9 Å². The van der Waals surface area contributed by atoms with Gasteiger partial charge in [-0.2, -0.15) is 0 Å². The van der Waals surface area contributed by atoms with Crippen LogP contribution in [0, 0.1) is 0 Å². The van der Waals surface area contributed by atoms with Crippen molar-refractivity contribution in [1.29, 1.82) is 0 Å². The number of morpholine rings is 1. The molecule has 2 saturated heterocycles. The Morgan fingerprint density at radius 1 is 1.32 bits per heavy atom. The summed E-state index contributed by atoms with van der Waals surface area (Å²) in [4.78, 5) is 34.0. The molecule has 7 nitrogen and oxygen atoms in total. The lowest BCUT2D eigenvalue weighted by molar-refractivity contribution is -0.173. The maximum Gasteiger partial charge on any atom is 0.249 e. The summed E-state index contributed by atoms with van der Waals surface area (Å²) >= 11 is 0. The molecule has 0 atom stereocenters. The Labute approximate surface area is 148 Å². The van der Waals surface area contributed by atoms with E-state index in [0.29, 0.717) is 19.6 Å². The van der Waals surface area contributed by atoms with E-state index in [4.69, 9.17) is 4.74 Å². The molecule has 1 aromatic rings. The number of pyridine rings is 1. The summed E-state index contributed by atoms with van der Waals surface area (Å²) < 4.78 is 5.95. The Bertz CT molecular complexity index is 612. The number of rotatable bonds is 4. The molecule has 0 N–H and O–H groups in total. The van der Waals surface area contributed by atoms with Crippen LogP contribution in [0.5, 0.6) is 0 Å². The average Bonchev–Trinajstić information content (AvgIpc) is 2.61. The van der Waals surface area contributed by atoms with Crippen molar-refractivity contribution < 1.29 is 14.3 Å². The number of amides is 2. The number of likely N-dealkylation sites (tertiary alicyclic amines) is 1. The number of ether oxygens (including phenoxy) is 1. The predicted octanol–water partition coefficient (Wildman–Crippen LogP) is 0.363. The molecular formula is C18H26N4O3. The second-order valence-corrected chi connectivity index (χ2v) is 7.11. The second kappa shape index (κ2) is 7.49. The number of carbonyl (C=O) groups is 2. The zero-order valence-electron chi connectivity index (χ0n) is 15.0. The molecule has 2 fully saturated rings. The van der Waals surface area contributed by atoms with Gasteiger partial charge >= 0.3 is 0 Å². The van der Waals surface area contributed by atoms with Crippen LogP contribution in [0.3, 0.4) is 0 Å². The summed E-state index contributed by atoms with van der Waals surface area (Å²) in [6.07, 6.45) is 3.41. The molecule has 1 aromatic heterocycles. The van der Waals surface area contributed by atoms with E-state index in [0.717, 1.165) is 31.6 Å². The Morgan fingerprint density at radius 2 is 2.08 bits per heavy atom. The number of piperidine rings is 1. The van der Waals surface area contributed by atoms with Gasteiger partial charge in [-0.05, 0) is 25.0 Å². The lowest BCUT2D eigenvalue weighted by Crippen LogP contribution is -2.59. The van der Waals surface area contributed by atoms with Gasteiger partial charge in [0.2, 0.25) is 11.8 Å². The zero-order chi connectivity index (χ0) is 17.9. The van der Waals surface area contributed by atoms with Gasteiger partial charge in [0.1, 0.15) is 6.61 Å². The number of carbonyl (C=O) groups excluding carboxylic acids is 2. The number of aromatic nitrogens is 1. The van der Waals surface area contributed by atoms with Crippen molar-refractivity contribution in [3.8, 4) is 0 Å². The standard InChI is InChI=1S/C18H26N4O3/c1-20(2)16(23)12-21-9-6-18(7-10-21)14-22(17(24)13-25-18)11-15-5-3-4-8-19-15/h3-5,8H,6-7,9-14H2,1-2H3. The van der Waals surface area contributed by atoms with E-state index < -0.39 is 0 Å². The predicted molar refractivity (Wildman–Crippen MR) is 92.7 cm³/mol. The van der Waals surface area contributed by atoms with Crippen molar-refractivity contribution in [3.63, 3.8) is 0 Å². The molecule has 0 aromatic carbocycles. The summed E-state index contributed by atoms with van der Waals surface area (Å²) in [5.41, 5.74) is 0.599. The number of likely N-dealkylation sites (N-methyl/N-ethyl adjacent to an activating group) is 1. The van der Waals surface area contributed by atoms with Crippen molar-refractivity contribution in [2.75, 3.05) is 46.9 Å². The van der Waals surface area contributed by atoms with Gasteiger partial charge < -0.3 is 14.5 Å². The van der Waals surface area contributed by atoms with Gasteiger partial charge in [-0.25, -0.2) is 0 Å². The molecular weight excluding hydrogens is 320 g/mol. The average molecular weight is 346 g/mol. The third-order valence-electron chi connectivity index (χ3n) is 5.04. The normalized spacial score (nSPS) is 20.7. The Kier molecular flexibility index (Phi) is 5.34. The van der Waals surface area contributed by atoms with Crippen molar-refractivity contribution >= 4 is 11.8 Å². The highest BCUT2D eigenvalue weighted by molar-refractivity contribution is 5.78. The molecule has 3 heterocycles. The molecule has 3 rings (SSSR count). The van der Waals surface area contributed by atoms with Gasteiger partial charge in [-0.15, -0.1) is 0 Å². The first-order chi connectivity index (χ1) is 12.0. The van der Waals surface area contributed by atoms with Gasteiger partial charge in [0.15, 0.2) is 0 Å². The SMILES string of the molecule is CN(C)C(=O)CN1CCC2(CC1)CN(Cc1ccccn1)C(=O)CO2. The van der Waals surface area contributed by atoms with Crippen LogP contribution in [0.25, 0.3) is 0 Å². The first kappa shape index (κ1) is 17.8. The maximum atomic E-state index is 12.2. The monoisotopic (exact) mass is 346 g/mol. The minimum Gasteiger partial charge on any atom is -0.363 e. The highest BCUT2D eigenvalue weighted by Crippen LogP contribution is 2.31. The topological polar surface area (TPSA) is 66.0 Å². The van der Waals surface area contributed by atoms with Gasteiger partial charge in [-0.1, -0.05) is 6.07 Å². The molecule has 2 amide bonds. The Hall–Kier alpha value is -1.99. The Balaban J connectivity index is 1.58. The van der Waals surface area contributed by atoms with Crippen LogP contribution >= 0.6 is 0 Å². The van der Waals surface area contributed by atoms with E-state index in [2.05, 4.69) is 9.88 Å². The molecule has 0 saturated carbocycles. The quantitative estimate of drug-likeness (QED) is 0.788. The van der Waals surface area contributed by atoms with E-state index in [-0.39, 0.29) is 24.0 Å². The molecule has 0 bridgehead atoms. The van der Waals surface area contributed by atoms with Gasteiger partial charge in [0.05, 0.1) is 30.9 Å². The first-order valence-electron chi connectivity index (χ1n) is 8.72. The van der Waals surface area contributed by atoms with Crippen LogP contribution < -0.4 is 0 Å². The van der Waals surface area contributed by atoms with Crippen LogP contribution in [0.1, 0.15) is 18.5 Å². The van der Waals surface area contributed by atoms with Crippen LogP contribution in [0.15, 0.2) is 24.4 Å². The van der Waals surface area contributed by atoms with E-state index in [1.54, 1.807) is 25.2 Å². The van der Waals surface area contributed by atoms with Crippen LogP contribution in [-0.4, -0.2) is 84.0 Å². The lowest BCUT2D eigenvalue weighted by atomic mass is 9.89. The van der Waals surface area contributed by atoms with Gasteiger partial charge in [0, 0.05) is 33.4 Å². The second-order valence-electron chi connectivity index (χ2n) is 7.11. The number of hydrogen-bond donors (Lipinski definition) is 0. The summed E-state index contributed by atoms with van der Waals surface area (Å²) in [5, 5.41) is 0. The number of nitrogens with zero attached hydrogens (tertiary/aromatic N) is 4. The van der Waals surface area contributed by atoms with Gasteiger partial charge in [0.25, 0.3) is 0 Å². The summed E-state index contributed by atoms with van der Waals surface area (Å²) in [6.45, 7) is 3.31. The molecule has 2 aliphatic rings. The van der Waals surface area contributed by atoms with Crippen molar-refractivity contribution in [3.05, 3.63) is 30.1 Å². The largest absolute Gasteiger partial charge is 0.363 e. The zero-order valence-corrected chi connectivity index (χ0v) is 15.0. The van der Waals surface area contributed by atoms with Crippen LogP contribution in [0.2, 0.25) is 0 Å². The van der Waals surface area contributed by atoms with Crippen molar-refractivity contribution in [2.24, 2.45) is 0 Å². The Morgan fingerprint density at radius 3 is 2.72 bits per heavy atom. The summed E-state index contributed by atoms with van der Waals surface area (Å²) in [7, 11) is 3.55. The van der Waals surface area contributed by atoms with E-state index in [1.165, 1.54) is 0 Å². The van der Waals surface area contributed by atoms with Crippen LogP contribution in [0.4, 0.5) is 0 Å². The fraction of sp³-hybridized carbons (Fsp3) is 0.611. The van der Waals surface area contributed by atoms with Crippen molar-refractivity contribution in [1.82, 2.24) is 19.7 Å². The summed E-state index contributed by atoms with van der Waals surface area (Å²) in [5.74, 6) is 0.133. The maximum absolute atomic E-state index is 12.2. The summed E-state index contributed by atoms with van der Waals surface area (Å²) in [6, 6.07) is 5.74. The van der Waals surface area contributed by atoms with E-state index in [1.807, 2.05) is 23.1 Å². The molecule has 0 radical (unpaired) electrons. The lowest BCUT2D eigenvalue weighted by Gasteiger charge is -2.47. The minimum absolute atomic E-state index is 0.0153. The molecule has 1 spiro atoms. The molecule has 7 heteroatoms. The molecule has 2 aliphatic heterocycles. The fourth-order valence-electron chi connectivity index (χ4n) is 3.37. The van der Waals surface area contributed by atoms with Crippen molar-refractivity contribution in [2.45, 2.75) is 25.0 Å². The third-order valence-corrected chi connectivity index (χ3v) is 5.04. The minimum atomic E-state index is -0.291. The molecule has 0 aliphatic carbocycles. The smallest absolute Gasteiger partial charge is 0.249 e. The molecule has 0 unspecified atom stereocenters. The first-order valence-corrected chi connectivity index (χ1v) is 8.72. The van der Waals surface area contributed by atoms with E-state index in [9.17, 15) is 9.59 Å². The highest BCUT2D eigenvalue weighted by atomic mass is 16.5. The number of hydrogen-bond acceptors (Lipinski definition) is 5. The highest BCUT2D eigenvalue weighted by Gasteiger charge is 2.42. The fourth-order valence-corrected chi connectivity index (χ4v) is 3.37. The third kappa shape index (κ3) is 4.35. The van der Waals surface area contributed by atoms with E-state index >= 15 is 0 Å². The molecule has 136 valence electrons.